The van der Waals surface area contributed by atoms with Gasteiger partial charge in [-0.15, -0.1) is 0 Å². The minimum Gasteiger partial charge on any atom is -0.339 e. The highest BCUT2D eigenvalue weighted by Crippen LogP contribution is 2.30. The molecule has 1 saturated heterocycles. The summed E-state index contributed by atoms with van der Waals surface area (Å²) in [6, 6.07) is 10.7. The number of likely N-dealkylation sites (tertiary alicyclic amines) is 1. The highest BCUT2D eigenvalue weighted by Gasteiger charge is 2.38. The van der Waals surface area contributed by atoms with Crippen LogP contribution in [0.5, 0.6) is 0 Å². The topological polar surface area (TPSA) is 67.2 Å². The normalized spacial score (nSPS) is 20.2. The number of benzene rings is 1. The Morgan fingerprint density at radius 2 is 1.83 bits per heavy atom. The molecule has 4 rings (SSSR count). The summed E-state index contributed by atoms with van der Waals surface area (Å²) in [5.41, 5.74) is 2.54. The van der Waals surface area contributed by atoms with Crippen LogP contribution in [0.3, 0.4) is 0 Å². The molecule has 1 aliphatic carbocycles. The van der Waals surface area contributed by atoms with Gasteiger partial charge in [0.2, 0.25) is 11.8 Å². The van der Waals surface area contributed by atoms with E-state index in [1.807, 2.05) is 11.0 Å². The first-order chi connectivity index (χ1) is 14.3. The standard InChI is InChI=1S/C24H32N4O2/c1-24(2,3)19-10-8-17(9-11-19)15-28-21(12-13-25-28)26-23(30)18-14-22(29)27(16-18)20-6-4-5-7-20/h8-13,18,20H,4-7,14-16H2,1-3H3,(H,26,30). The minimum atomic E-state index is -0.285. The van der Waals surface area contributed by atoms with Gasteiger partial charge in [-0.1, -0.05) is 57.9 Å². The summed E-state index contributed by atoms with van der Waals surface area (Å²) in [6.45, 7) is 7.73. The van der Waals surface area contributed by atoms with Gasteiger partial charge in [-0.3, -0.25) is 9.59 Å². The molecule has 2 aliphatic rings. The molecule has 160 valence electrons. The first-order valence-electron chi connectivity index (χ1n) is 11.0. The third-order valence-electron chi connectivity index (χ3n) is 6.41. The maximum absolute atomic E-state index is 12.8. The van der Waals surface area contributed by atoms with E-state index < -0.39 is 0 Å². The zero-order valence-corrected chi connectivity index (χ0v) is 18.2. The number of aromatic nitrogens is 2. The molecule has 0 radical (unpaired) electrons. The van der Waals surface area contributed by atoms with Crippen LogP contribution >= 0.6 is 0 Å². The molecule has 0 spiro atoms. The van der Waals surface area contributed by atoms with Crippen LogP contribution in [0.4, 0.5) is 5.82 Å². The SMILES string of the molecule is CC(C)(C)c1ccc(Cn2nccc2NC(=O)C2CC(=O)N(C3CCCC3)C2)cc1. The second-order valence-electron chi connectivity index (χ2n) is 9.70. The fraction of sp³-hybridized carbons (Fsp3) is 0.542. The van der Waals surface area contributed by atoms with Gasteiger partial charge < -0.3 is 10.2 Å². The summed E-state index contributed by atoms with van der Waals surface area (Å²) < 4.78 is 1.80. The Balaban J connectivity index is 1.39. The second-order valence-corrected chi connectivity index (χ2v) is 9.70. The number of nitrogens with one attached hydrogen (secondary N) is 1. The smallest absolute Gasteiger partial charge is 0.230 e. The summed E-state index contributed by atoms with van der Waals surface area (Å²) in [5.74, 6) is 0.419. The lowest BCUT2D eigenvalue weighted by atomic mass is 9.87. The van der Waals surface area contributed by atoms with Crippen LogP contribution in [-0.4, -0.2) is 39.1 Å². The fourth-order valence-electron chi connectivity index (χ4n) is 4.55. The number of carbonyl (C=O) groups is 2. The summed E-state index contributed by atoms with van der Waals surface area (Å²) in [6.07, 6.45) is 6.51. The molecule has 2 heterocycles. The van der Waals surface area contributed by atoms with E-state index in [0.717, 1.165) is 18.4 Å². The minimum absolute atomic E-state index is 0.0892. The Kier molecular flexibility index (Phi) is 5.67. The van der Waals surface area contributed by atoms with Gasteiger partial charge in [-0.05, 0) is 29.4 Å². The molecule has 2 aromatic rings. The van der Waals surface area contributed by atoms with E-state index in [0.29, 0.717) is 31.4 Å². The molecule has 1 aromatic carbocycles. The van der Waals surface area contributed by atoms with Crippen molar-refractivity contribution in [1.82, 2.24) is 14.7 Å². The third kappa shape index (κ3) is 4.42. The van der Waals surface area contributed by atoms with Crippen LogP contribution in [-0.2, 0) is 21.5 Å². The van der Waals surface area contributed by atoms with Gasteiger partial charge in [-0.25, -0.2) is 4.68 Å². The molecule has 6 heteroatoms. The first-order valence-corrected chi connectivity index (χ1v) is 11.0. The average Bonchev–Trinajstić information content (AvgIpc) is 3.43. The highest BCUT2D eigenvalue weighted by atomic mass is 16.2. The number of hydrogen-bond donors (Lipinski definition) is 1. The van der Waals surface area contributed by atoms with Crippen molar-refractivity contribution >= 4 is 17.6 Å². The van der Waals surface area contributed by atoms with Crippen molar-refractivity contribution < 1.29 is 9.59 Å². The lowest BCUT2D eigenvalue weighted by Crippen LogP contribution is -2.35. The second kappa shape index (κ2) is 8.25. The largest absolute Gasteiger partial charge is 0.339 e. The van der Waals surface area contributed by atoms with Crippen LogP contribution in [0.1, 0.15) is 64.0 Å². The molecular formula is C24H32N4O2. The molecule has 2 amide bonds. The maximum Gasteiger partial charge on any atom is 0.230 e. The highest BCUT2D eigenvalue weighted by molar-refractivity contribution is 5.96. The van der Waals surface area contributed by atoms with Crippen molar-refractivity contribution in [3.8, 4) is 0 Å². The molecular weight excluding hydrogens is 376 g/mol. The summed E-state index contributed by atoms with van der Waals surface area (Å²) in [5, 5.41) is 7.38. The molecule has 1 aliphatic heterocycles. The quantitative estimate of drug-likeness (QED) is 0.814. The lowest BCUT2D eigenvalue weighted by Gasteiger charge is -2.23. The predicted molar refractivity (Wildman–Crippen MR) is 117 cm³/mol. The summed E-state index contributed by atoms with van der Waals surface area (Å²) >= 11 is 0. The Labute approximate surface area is 178 Å². The Hall–Kier alpha value is -2.63. The van der Waals surface area contributed by atoms with Crippen molar-refractivity contribution in [2.75, 3.05) is 11.9 Å². The summed E-state index contributed by atoms with van der Waals surface area (Å²) in [4.78, 5) is 27.2. The van der Waals surface area contributed by atoms with Gasteiger partial charge in [0.1, 0.15) is 5.82 Å². The van der Waals surface area contributed by atoms with Gasteiger partial charge in [0.15, 0.2) is 0 Å². The van der Waals surface area contributed by atoms with Gasteiger partial charge in [-0.2, -0.15) is 5.10 Å². The van der Waals surface area contributed by atoms with E-state index in [4.69, 9.17) is 0 Å². The molecule has 1 N–H and O–H groups in total. The molecule has 30 heavy (non-hydrogen) atoms. The number of carbonyl (C=O) groups excluding carboxylic acids is 2. The van der Waals surface area contributed by atoms with Gasteiger partial charge in [0, 0.05) is 25.1 Å². The molecule has 2 fully saturated rings. The number of amides is 2. The van der Waals surface area contributed by atoms with Crippen LogP contribution in [0.25, 0.3) is 0 Å². The Bertz CT molecular complexity index is 904. The number of hydrogen-bond acceptors (Lipinski definition) is 3. The van der Waals surface area contributed by atoms with Crippen LogP contribution in [0, 0.1) is 5.92 Å². The number of anilines is 1. The lowest BCUT2D eigenvalue weighted by molar-refractivity contribution is -0.129. The van der Waals surface area contributed by atoms with E-state index in [1.165, 1.54) is 18.4 Å². The fourth-order valence-corrected chi connectivity index (χ4v) is 4.55. The molecule has 1 atom stereocenters. The predicted octanol–water partition coefficient (Wildman–Crippen LogP) is 3.96. The van der Waals surface area contributed by atoms with Crippen molar-refractivity contribution in [1.29, 1.82) is 0 Å². The number of rotatable bonds is 5. The van der Waals surface area contributed by atoms with Gasteiger partial charge in [0.25, 0.3) is 0 Å². The molecule has 1 aromatic heterocycles. The Morgan fingerprint density at radius 1 is 1.13 bits per heavy atom. The van der Waals surface area contributed by atoms with Crippen molar-refractivity contribution in [3.63, 3.8) is 0 Å². The van der Waals surface area contributed by atoms with E-state index in [9.17, 15) is 9.59 Å². The molecule has 1 unspecified atom stereocenters. The van der Waals surface area contributed by atoms with Crippen molar-refractivity contribution in [2.45, 2.75) is 70.9 Å². The zero-order chi connectivity index (χ0) is 21.3. The summed E-state index contributed by atoms with van der Waals surface area (Å²) in [7, 11) is 0. The van der Waals surface area contributed by atoms with Gasteiger partial charge in [0.05, 0.1) is 18.7 Å². The number of nitrogens with zero attached hydrogens (tertiary/aromatic N) is 3. The Morgan fingerprint density at radius 3 is 2.50 bits per heavy atom. The van der Waals surface area contributed by atoms with Crippen LogP contribution in [0.15, 0.2) is 36.5 Å². The monoisotopic (exact) mass is 408 g/mol. The first kappa shape index (κ1) is 20.6. The average molecular weight is 409 g/mol. The molecule has 0 bridgehead atoms. The van der Waals surface area contributed by atoms with Crippen LogP contribution in [0.2, 0.25) is 0 Å². The zero-order valence-electron chi connectivity index (χ0n) is 18.2. The van der Waals surface area contributed by atoms with E-state index in [2.05, 4.69) is 55.5 Å². The van der Waals surface area contributed by atoms with E-state index in [1.54, 1.807) is 10.9 Å². The van der Waals surface area contributed by atoms with Crippen molar-refractivity contribution in [3.05, 3.63) is 47.7 Å². The third-order valence-corrected chi connectivity index (χ3v) is 6.41. The van der Waals surface area contributed by atoms with E-state index >= 15 is 0 Å². The maximum atomic E-state index is 12.8. The molecule has 1 saturated carbocycles. The molecule has 6 nitrogen and oxygen atoms in total. The van der Waals surface area contributed by atoms with E-state index in [-0.39, 0.29) is 23.1 Å². The van der Waals surface area contributed by atoms with Crippen molar-refractivity contribution in [2.24, 2.45) is 5.92 Å². The van der Waals surface area contributed by atoms with Gasteiger partial charge >= 0.3 is 0 Å². The van der Waals surface area contributed by atoms with Crippen LogP contribution < -0.4 is 5.32 Å².